The highest BCUT2D eigenvalue weighted by molar-refractivity contribution is 6.33. The molecule has 2 N–H and O–H groups in total. The van der Waals surface area contributed by atoms with Crippen molar-refractivity contribution in [2.45, 2.75) is 12.8 Å². The molecule has 29 heavy (non-hydrogen) atoms. The van der Waals surface area contributed by atoms with E-state index in [1.54, 1.807) is 21.7 Å². The zero-order chi connectivity index (χ0) is 20.4. The third kappa shape index (κ3) is 3.89. The Kier molecular flexibility index (Phi) is 5.36. The van der Waals surface area contributed by atoms with Gasteiger partial charge in [0.2, 0.25) is 5.91 Å². The van der Waals surface area contributed by atoms with Gasteiger partial charge in [0.25, 0.3) is 5.91 Å². The fourth-order valence-electron chi connectivity index (χ4n) is 3.63. The Morgan fingerprint density at radius 3 is 2.31 bits per heavy atom. The molecule has 2 heterocycles. The van der Waals surface area contributed by atoms with Crippen LogP contribution in [0, 0.1) is 5.92 Å². The first-order valence-corrected chi connectivity index (χ1v) is 9.91. The normalized spacial score (nSPS) is 14.7. The third-order valence-electron chi connectivity index (χ3n) is 5.26. The standard InChI is InChI=1S/C22H21ClN4O2/c23-18-9-5-4-8-17(18)19-14-20(27(25-19)16-6-2-1-3-7-16)22(29)26-12-10-15(11-13-26)21(24)28/h1-9,14-15H,10-13H2,(H2,24,28). The zero-order valence-electron chi connectivity index (χ0n) is 15.8. The van der Waals surface area contributed by atoms with E-state index in [0.29, 0.717) is 42.3 Å². The molecule has 0 aliphatic carbocycles. The number of likely N-dealkylation sites (tertiary alicyclic amines) is 1. The average molecular weight is 409 g/mol. The summed E-state index contributed by atoms with van der Waals surface area (Å²) in [5.74, 6) is -0.591. The lowest BCUT2D eigenvalue weighted by Gasteiger charge is -2.30. The fourth-order valence-corrected chi connectivity index (χ4v) is 3.86. The number of carbonyl (C=O) groups is 2. The number of hydrogen-bond acceptors (Lipinski definition) is 3. The zero-order valence-corrected chi connectivity index (χ0v) is 16.5. The molecule has 0 saturated carbocycles. The highest BCUT2D eigenvalue weighted by Crippen LogP contribution is 2.29. The summed E-state index contributed by atoms with van der Waals surface area (Å²) >= 11 is 6.35. The highest BCUT2D eigenvalue weighted by atomic mass is 35.5. The predicted molar refractivity (Wildman–Crippen MR) is 112 cm³/mol. The smallest absolute Gasteiger partial charge is 0.272 e. The van der Waals surface area contributed by atoms with Crippen LogP contribution in [0.5, 0.6) is 0 Å². The molecule has 148 valence electrons. The van der Waals surface area contributed by atoms with Crippen molar-refractivity contribution in [1.82, 2.24) is 14.7 Å². The van der Waals surface area contributed by atoms with Gasteiger partial charge in [-0.1, -0.05) is 48.0 Å². The van der Waals surface area contributed by atoms with E-state index in [0.717, 1.165) is 11.3 Å². The van der Waals surface area contributed by atoms with Crippen LogP contribution in [0.3, 0.4) is 0 Å². The molecule has 1 aromatic heterocycles. The van der Waals surface area contributed by atoms with Crippen LogP contribution in [0.4, 0.5) is 0 Å². The summed E-state index contributed by atoms with van der Waals surface area (Å²) in [4.78, 5) is 26.5. The number of para-hydroxylation sites is 1. The molecule has 6 nitrogen and oxygen atoms in total. The number of amides is 2. The number of rotatable bonds is 4. The Bertz CT molecular complexity index is 1040. The predicted octanol–water partition coefficient (Wildman–Crippen LogP) is 3.53. The Labute approximate surface area is 173 Å². The maximum atomic E-state index is 13.3. The first kappa shape index (κ1) is 19.2. The van der Waals surface area contributed by atoms with Gasteiger partial charge in [0.05, 0.1) is 16.4 Å². The SMILES string of the molecule is NC(=O)C1CCN(C(=O)c2cc(-c3ccccc3Cl)nn2-c2ccccc2)CC1. The van der Waals surface area contributed by atoms with Crippen LogP contribution in [0.1, 0.15) is 23.3 Å². The number of carbonyl (C=O) groups excluding carboxylic acids is 2. The lowest BCUT2D eigenvalue weighted by molar-refractivity contribution is -0.123. The number of piperidine rings is 1. The largest absolute Gasteiger partial charge is 0.369 e. The van der Waals surface area contributed by atoms with Crippen LogP contribution in [0.2, 0.25) is 5.02 Å². The molecule has 7 heteroatoms. The van der Waals surface area contributed by atoms with Crippen molar-refractivity contribution in [3.63, 3.8) is 0 Å². The molecule has 2 aromatic carbocycles. The first-order chi connectivity index (χ1) is 14.0. The topological polar surface area (TPSA) is 81.2 Å². The lowest BCUT2D eigenvalue weighted by Crippen LogP contribution is -2.42. The maximum Gasteiger partial charge on any atom is 0.272 e. The summed E-state index contributed by atoms with van der Waals surface area (Å²) in [7, 11) is 0. The second-order valence-electron chi connectivity index (χ2n) is 7.11. The molecule has 0 unspecified atom stereocenters. The second-order valence-corrected chi connectivity index (χ2v) is 7.52. The number of nitrogens with zero attached hydrogens (tertiary/aromatic N) is 3. The minimum Gasteiger partial charge on any atom is -0.369 e. The van der Waals surface area contributed by atoms with Gasteiger partial charge in [-0.05, 0) is 37.1 Å². The van der Waals surface area contributed by atoms with E-state index in [2.05, 4.69) is 5.10 Å². The van der Waals surface area contributed by atoms with Crippen molar-refractivity contribution in [3.8, 4) is 16.9 Å². The number of benzene rings is 2. The molecule has 1 aliphatic rings. The van der Waals surface area contributed by atoms with Crippen molar-refractivity contribution >= 4 is 23.4 Å². The van der Waals surface area contributed by atoms with E-state index in [-0.39, 0.29) is 17.7 Å². The summed E-state index contributed by atoms with van der Waals surface area (Å²) in [6, 6.07) is 18.7. The summed E-state index contributed by atoms with van der Waals surface area (Å²) in [5, 5.41) is 5.26. The van der Waals surface area contributed by atoms with Crippen LogP contribution in [0.25, 0.3) is 16.9 Å². The molecule has 2 amide bonds. The van der Waals surface area contributed by atoms with E-state index in [1.807, 2.05) is 48.5 Å². The van der Waals surface area contributed by atoms with Gasteiger partial charge < -0.3 is 10.6 Å². The van der Waals surface area contributed by atoms with Gasteiger partial charge >= 0.3 is 0 Å². The van der Waals surface area contributed by atoms with E-state index < -0.39 is 0 Å². The van der Waals surface area contributed by atoms with Gasteiger partial charge in [0.15, 0.2) is 0 Å². The van der Waals surface area contributed by atoms with Crippen molar-refractivity contribution < 1.29 is 9.59 Å². The Hall–Kier alpha value is -3.12. The molecule has 1 saturated heterocycles. The van der Waals surface area contributed by atoms with Crippen LogP contribution in [-0.2, 0) is 4.79 Å². The van der Waals surface area contributed by atoms with Crippen LogP contribution in [-0.4, -0.2) is 39.6 Å². The minimum absolute atomic E-state index is 0.123. The molecule has 1 fully saturated rings. The van der Waals surface area contributed by atoms with Gasteiger partial charge in [-0.25, -0.2) is 4.68 Å². The van der Waals surface area contributed by atoms with Gasteiger partial charge in [-0.3, -0.25) is 9.59 Å². The van der Waals surface area contributed by atoms with E-state index in [9.17, 15) is 9.59 Å². The van der Waals surface area contributed by atoms with Crippen LogP contribution >= 0.6 is 11.6 Å². The Morgan fingerprint density at radius 2 is 1.66 bits per heavy atom. The molecule has 0 spiro atoms. The maximum absolute atomic E-state index is 13.3. The van der Waals surface area contributed by atoms with Crippen LogP contribution in [0.15, 0.2) is 60.7 Å². The number of aromatic nitrogens is 2. The fraction of sp³-hybridized carbons (Fsp3) is 0.227. The Balaban J connectivity index is 1.71. The summed E-state index contributed by atoms with van der Waals surface area (Å²) < 4.78 is 1.65. The van der Waals surface area contributed by atoms with E-state index in [4.69, 9.17) is 17.3 Å². The minimum atomic E-state index is -0.299. The van der Waals surface area contributed by atoms with Gasteiger partial charge in [-0.15, -0.1) is 0 Å². The molecule has 0 radical (unpaired) electrons. The lowest BCUT2D eigenvalue weighted by atomic mass is 9.96. The highest BCUT2D eigenvalue weighted by Gasteiger charge is 2.29. The van der Waals surface area contributed by atoms with Crippen LogP contribution < -0.4 is 5.73 Å². The molecule has 1 aliphatic heterocycles. The summed E-state index contributed by atoms with van der Waals surface area (Å²) in [6.45, 7) is 0.988. The summed E-state index contributed by atoms with van der Waals surface area (Å²) in [6.07, 6.45) is 1.16. The van der Waals surface area contributed by atoms with E-state index in [1.165, 1.54) is 0 Å². The van der Waals surface area contributed by atoms with Gasteiger partial charge in [0, 0.05) is 24.6 Å². The second kappa shape index (κ2) is 8.09. The van der Waals surface area contributed by atoms with Crippen molar-refractivity contribution in [1.29, 1.82) is 0 Å². The number of hydrogen-bond donors (Lipinski definition) is 1. The molecule has 0 bridgehead atoms. The molecular weight excluding hydrogens is 388 g/mol. The monoisotopic (exact) mass is 408 g/mol. The van der Waals surface area contributed by atoms with E-state index >= 15 is 0 Å². The Morgan fingerprint density at radius 1 is 1.00 bits per heavy atom. The van der Waals surface area contributed by atoms with Crippen molar-refractivity contribution in [3.05, 3.63) is 71.4 Å². The van der Waals surface area contributed by atoms with Gasteiger partial charge in [0.1, 0.15) is 5.69 Å². The van der Waals surface area contributed by atoms with Crippen molar-refractivity contribution in [2.75, 3.05) is 13.1 Å². The molecule has 0 atom stereocenters. The summed E-state index contributed by atoms with van der Waals surface area (Å²) in [5.41, 5.74) is 8.07. The third-order valence-corrected chi connectivity index (χ3v) is 5.59. The van der Waals surface area contributed by atoms with Gasteiger partial charge in [-0.2, -0.15) is 5.10 Å². The number of primary amides is 1. The first-order valence-electron chi connectivity index (χ1n) is 9.53. The van der Waals surface area contributed by atoms with Crippen molar-refractivity contribution in [2.24, 2.45) is 11.7 Å². The number of halogens is 1. The molecular formula is C22H21ClN4O2. The quantitative estimate of drug-likeness (QED) is 0.717. The molecule has 4 rings (SSSR count). The average Bonchev–Trinajstić information content (AvgIpc) is 3.19. The molecule has 3 aromatic rings. The number of nitrogens with two attached hydrogens (primary N) is 1.